The van der Waals surface area contributed by atoms with Gasteiger partial charge >= 0.3 is 0 Å². The van der Waals surface area contributed by atoms with Gasteiger partial charge in [-0.25, -0.2) is 0 Å². The second kappa shape index (κ2) is 5.29. The summed E-state index contributed by atoms with van der Waals surface area (Å²) in [6.45, 7) is 3.19. The Kier molecular flexibility index (Phi) is 3.76. The van der Waals surface area contributed by atoms with E-state index in [2.05, 4.69) is 0 Å². The Labute approximate surface area is 101 Å². The zero-order valence-corrected chi connectivity index (χ0v) is 10.0. The first-order valence-corrected chi connectivity index (χ1v) is 5.88. The predicted molar refractivity (Wildman–Crippen MR) is 65.4 cm³/mol. The van der Waals surface area contributed by atoms with E-state index in [-0.39, 0.29) is 24.6 Å². The zero-order chi connectivity index (χ0) is 12.3. The van der Waals surface area contributed by atoms with Crippen molar-refractivity contribution in [3.8, 4) is 0 Å². The Hall–Kier alpha value is -1.39. The van der Waals surface area contributed by atoms with Gasteiger partial charge < -0.3 is 15.4 Å². The topological polar surface area (TPSA) is 55.6 Å². The van der Waals surface area contributed by atoms with Gasteiger partial charge in [0.25, 0.3) is 0 Å². The van der Waals surface area contributed by atoms with E-state index in [1.165, 1.54) is 0 Å². The number of nitrogens with zero attached hydrogens (tertiary/aromatic N) is 1. The lowest BCUT2D eigenvalue weighted by Gasteiger charge is -2.38. The number of morpholine rings is 1. The number of ether oxygens (including phenoxy) is 1. The van der Waals surface area contributed by atoms with Gasteiger partial charge in [0.2, 0.25) is 5.91 Å². The van der Waals surface area contributed by atoms with Crippen molar-refractivity contribution in [2.24, 2.45) is 5.73 Å². The van der Waals surface area contributed by atoms with Gasteiger partial charge in [-0.15, -0.1) is 0 Å². The molecule has 0 radical (unpaired) electrons. The highest BCUT2D eigenvalue weighted by Gasteiger charge is 2.29. The molecule has 1 amide bonds. The van der Waals surface area contributed by atoms with E-state index in [1.54, 1.807) is 4.90 Å². The maximum Gasteiger partial charge on any atom is 0.236 e. The first-order chi connectivity index (χ1) is 8.22. The van der Waals surface area contributed by atoms with Crippen LogP contribution in [0.2, 0.25) is 0 Å². The standard InChI is InChI=1S/C13H18N2O2/c1-10-9-17-12(8-15(10)13(16)7-14)11-5-3-2-4-6-11/h2-6,10,12H,7-9,14H2,1H3/t10-,12-/m0/s1. The molecule has 1 saturated heterocycles. The fraction of sp³-hybridized carbons (Fsp3) is 0.462. The van der Waals surface area contributed by atoms with E-state index in [4.69, 9.17) is 10.5 Å². The third kappa shape index (κ3) is 2.65. The molecule has 2 atom stereocenters. The van der Waals surface area contributed by atoms with Crippen LogP contribution in [-0.2, 0) is 9.53 Å². The first-order valence-electron chi connectivity index (χ1n) is 5.88. The van der Waals surface area contributed by atoms with Crippen LogP contribution in [0.5, 0.6) is 0 Å². The van der Waals surface area contributed by atoms with Gasteiger partial charge in [-0.05, 0) is 12.5 Å². The molecule has 1 aliphatic heterocycles. The molecule has 1 fully saturated rings. The fourth-order valence-corrected chi connectivity index (χ4v) is 2.09. The number of carbonyl (C=O) groups excluding carboxylic acids is 1. The molecular formula is C13H18N2O2. The van der Waals surface area contributed by atoms with Crippen molar-refractivity contribution in [3.05, 3.63) is 35.9 Å². The summed E-state index contributed by atoms with van der Waals surface area (Å²) in [6, 6.07) is 10.1. The summed E-state index contributed by atoms with van der Waals surface area (Å²) >= 11 is 0. The summed E-state index contributed by atoms with van der Waals surface area (Å²) in [5.74, 6) is -0.0123. The molecule has 92 valence electrons. The minimum atomic E-state index is -0.0390. The molecular weight excluding hydrogens is 216 g/mol. The highest BCUT2D eigenvalue weighted by atomic mass is 16.5. The molecule has 0 aromatic heterocycles. The Morgan fingerprint density at radius 2 is 2.18 bits per heavy atom. The van der Waals surface area contributed by atoms with E-state index < -0.39 is 0 Å². The van der Waals surface area contributed by atoms with Crippen molar-refractivity contribution >= 4 is 5.91 Å². The third-order valence-corrected chi connectivity index (χ3v) is 3.10. The minimum absolute atomic E-state index is 0.0123. The van der Waals surface area contributed by atoms with Gasteiger partial charge in [0, 0.05) is 0 Å². The number of benzene rings is 1. The van der Waals surface area contributed by atoms with E-state index in [0.717, 1.165) is 5.56 Å². The number of hydrogen-bond donors (Lipinski definition) is 1. The highest BCUT2D eigenvalue weighted by molar-refractivity contribution is 5.78. The normalized spacial score (nSPS) is 24.7. The summed E-state index contributed by atoms with van der Waals surface area (Å²) in [7, 11) is 0. The molecule has 4 nitrogen and oxygen atoms in total. The van der Waals surface area contributed by atoms with Gasteiger partial charge in [-0.3, -0.25) is 4.79 Å². The maximum absolute atomic E-state index is 11.7. The largest absolute Gasteiger partial charge is 0.370 e. The maximum atomic E-state index is 11.7. The number of nitrogens with two attached hydrogens (primary N) is 1. The summed E-state index contributed by atoms with van der Waals surface area (Å²) in [5.41, 5.74) is 6.52. The van der Waals surface area contributed by atoms with E-state index in [9.17, 15) is 4.79 Å². The Bertz CT molecular complexity index is 380. The zero-order valence-electron chi connectivity index (χ0n) is 10.0. The van der Waals surface area contributed by atoms with Gasteiger partial charge in [0.05, 0.1) is 25.7 Å². The SMILES string of the molecule is C[C@H]1CO[C@H](c2ccccc2)CN1C(=O)CN. The van der Waals surface area contributed by atoms with Crippen LogP contribution in [0.25, 0.3) is 0 Å². The molecule has 1 aliphatic rings. The third-order valence-electron chi connectivity index (χ3n) is 3.10. The summed E-state index contributed by atoms with van der Waals surface area (Å²) in [4.78, 5) is 13.5. The Balaban J connectivity index is 2.10. The van der Waals surface area contributed by atoms with Crippen LogP contribution >= 0.6 is 0 Å². The van der Waals surface area contributed by atoms with Crippen molar-refractivity contribution in [1.29, 1.82) is 0 Å². The smallest absolute Gasteiger partial charge is 0.236 e. The monoisotopic (exact) mass is 234 g/mol. The number of carbonyl (C=O) groups is 1. The molecule has 0 saturated carbocycles. The molecule has 0 aliphatic carbocycles. The molecule has 1 aromatic carbocycles. The Morgan fingerprint density at radius 3 is 2.82 bits per heavy atom. The minimum Gasteiger partial charge on any atom is -0.370 e. The molecule has 17 heavy (non-hydrogen) atoms. The van der Waals surface area contributed by atoms with Crippen molar-refractivity contribution in [3.63, 3.8) is 0 Å². The van der Waals surface area contributed by atoms with Crippen LogP contribution in [0.3, 0.4) is 0 Å². The predicted octanol–water partition coefficient (Wildman–Crippen LogP) is 0.934. The van der Waals surface area contributed by atoms with Crippen LogP contribution in [0.15, 0.2) is 30.3 Å². The average Bonchev–Trinajstić information content (AvgIpc) is 2.39. The lowest BCUT2D eigenvalue weighted by atomic mass is 10.1. The fourth-order valence-electron chi connectivity index (χ4n) is 2.09. The highest BCUT2D eigenvalue weighted by Crippen LogP contribution is 2.24. The van der Waals surface area contributed by atoms with Crippen molar-refractivity contribution < 1.29 is 9.53 Å². The number of rotatable bonds is 2. The number of amides is 1. The lowest BCUT2D eigenvalue weighted by Crippen LogP contribution is -2.50. The molecule has 0 bridgehead atoms. The van der Waals surface area contributed by atoms with E-state index in [0.29, 0.717) is 13.2 Å². The van der Waals surface area contributed by atoms with Gasteiger partial charge in [0.15, 0.2) is 0 Å². The molecule has 4 heteroatoms. The summed E-state index contributed by atoms with van der Waals surface area (Å²) in [5, 5.41) is 0. The molecule has 0 spiro atoms. The van der Waals surface area contributed by atoms with Gasteiger partial charge in [-0.1, -0.05) is 30.3 Å². The molecule has 1 heterocycles. The summed E-state index contributed by atoms with van der Waals surface area (Å²) < 4.78 is 5.77. The molecule has 2 N–H and O–H groups in total. The second-order valence-electron chi connectivity index (χ2n) is 4.33. The Morgan fingerprint density at radius 1 is 1.47 bits per heavy atom. The molecule has 1 aromatic rings. The quantitative estimate of drug-likeness (QED) is 0.828. The van der Waals surface area contributed by atoms with Crippen molar-refractivity contribution in [2.75, 3.05) is 19.7 Å². The second-order valence-corrected chi connectivity index (χ2v) is 4.33. The molecule has 0 unspecified atom stereocenters. The van der Waals surface area contributed by atoms with E-state index in [1.807, 2.05) is 37.3 Å². The summed E-state index contributed by atoms with van der Waals surface area (Å²) in [6.07, 6.45) is -0.0390. The average molecular weight is 234 g/mol. The van der Waals surface area contributed by atoms with Gasteiger partial charge in [-0.2, -0.15) is 0 Å². The van der Waals surface area contributed by atoms with Crippen molar-refractivity contribution in [1.82, 2.24) is 4.90 Å². The van der Waals surface area contributed by atoms with Crippen LogP contribution in [0.4, 0.5) is 0 Å². The van der Waals surface area contributed by atoms with Crippen LogP contribution in [0, 0.1) is 0 Å². The lowest BCUT2D eigenvalue weighted by molar-refractivity contribution is -0.142. The molecule has 2 rings (SSSR count). The van der Waals surface area contributed by atoms with E-state index >= 15 is 0 Å². The van der Waals surface area contributed by atoms with Crippen LogP contribution in [0.1, 0.15) is 18.6 Å². The van der Waals surface area contributed by atoms with Crippen molar-refractivity contribution in [2.45, 2.75) is 19.1 Å². The van der Waals surface area contributed by atoms with Gasteiger partial charge in [0.1, 0.15) is 6.10 Å². The first kappa shape index (κ1) is 12.1. The van der Waals surface area contributed by atoms with Crippen LogP contribution in [-0.4, -0.2) is 36.5 Å². The van der Waals surface area contributed by atoms with Crippen LogP contribution < -0.4 is 5.73 Å². The number of hydrogen-bond acceptors (Lipinski definition) is 3.